The molecule has 2 aromatic rings. The first-order chi connectivity index (χ1) is 10.8. The molecule has 0 bridgehead atoms. The lowest BCUT2D eigenvalue weighted by atomic mass is 10.1. The van der Waals surface area contributed by atoms with E-state index in [0.29, 0.717) is 0 Å². The average molecular weight is 308 g/mol. The molecule has 0 fully saturated rings. The Balaban J connectivity index is 2.26. The van der Waals surface area contributed by atoms with E-state index in [2.05, 4.69) is 68.5 Å². The van der Waals surface area contributed by atoms with E-state index in [9.17, 15) is 0 Å². The van der Waals surface area contributed by atoms with E-state index < -0.39 is 8.07 Å². The molecule has 0 aromatic heterocycles. The fourth-order valence-corrected chi connectivity index (χ4v) is 8.41. The smallest absolute Gasteiger partial charge is 0.126 e. The van der Waals surface area contributed by atoms with Gasteiger partial charge in [0.2, 0.25) is 0 Å². The predicted molar refractivity (Wildman–Crippen MR) is 98.7 cm³/mol. The van der Waals surface area contributed by atoms with Crippen molar-refractivity contribution < 1.29 is 4.74 Å². The minimum absolute atomic E-state index is 1.10. The van der Waals surface area contributed by atoms with Gasteiger partial charge in [-0.15, -0.1) is 0 Å². The Morgan fingerprint density at radius 1 is 1.05 bits per heavy atom. The van der Waals surface area contributed by atoms with Crippen LogP contribution in [0.25, 0.3) is 10.8 Å². The van der Waals surface area contributed by atoms with Crippen molar-refractivity contribution in [1.29, 1.82) is 0 Å². The van der Waals surface area contributed by atoms with Crippen molar-refractivity contribution in [2.75, 3.05) is 7.11 Å². The van der Waals surface area contributed by atoms with Gasteiger partial charge in [0.25, 0.3) is 0 Å². The maximum Gasteiger partial charge on any atom is 0.126 e. The summed E-state index contributed by atoms with van der Waals surface area (Å²) < 4.78 is 5.91. The van der Waals surface area contributed by atoms with E-state index in [0.717, 1.165) is 12.2 Å². The summed E-state index contributed by atoms with van der Waals surface area (Å²) in [6.45, 7) is 4.70. The van der Waals surface area contributed by atoms with Gasteiger partial charge < -0.3 is 4.74 Å². The molecule has 22 heavy (non-hydrogen) atoms. The predicted octanol–water partition coefficient (Wildman–Crippen LogP) is 4.97. The van der Waals surface area contributed by atoms with Crippen molar-refractivity contribution >= 4 is 24.0 Å². The van der Waals surface area contributed by atoms with Gasteiger partial charge in [-0.2, -0.15) is 0 Å². The number of hydrogen-bond donors (Lipinski definition) is 0. The first-order valence-corrected chi connectivity index (χ1v) is 10.6. The van der Waals surface area contributed by atoms with Gasteiger partial charge in [-0.05, 0) is 17.0 Å². The maximum atomic E-state index is 5.91. The molecule has 1 aliphatic carbocycles. The Morgan fingerprint density at radius 3 is 2.45 bits per heavy atom. The standard InChI is InChI=1S/C20H24OSi/c1-4-22(5-2,17-11-7-8-12-17)19-15-14-16-10-6-9-13-18(16)20(19)21-3/h6-11,13-15H,4-5,12H2,1-3H3. The number of hydrogen-bond acceptors (Lipinski definition) is 1. The van der Waals surface area contributed by atoms with Crippen LogP contribution in [0.5, 0.6) is 5.75 Å². The zero-order chi connectivity index (χ0) is 15.6. The summed E-state index contributed by atoms with van der Waals surface area (Å²) >= 11 is 0. The summed E-state index contributed by atoms with van der Waals surface area (Å²) in [6, 6.07) is 15.6. The second-order valence-electron chi connectivity index (χ2n) is 5.98. The Morgan fingerprint density at radius 2 is 1.82 bits per heavy atom. The number of rotatable bonds is 5. The number of allylic oxidation sites excluding steroid dienone is 4. The van der Waals surface area contributed by atoms with Crippen molar-refractivity contribution in [3.63, 3.8) is 0 Å². The van der Waals surface area contributed by atoms with E-state index in [1.807, 2.05) is 7.11 Å². The van der Waals surface area contributed by atoms with Crippen LogP contribution in [0.15, 0.2) is 59.8 Å². The van der Waals surface area contributed by atoms with Crippen molar-refractivity contribution in [2.24, 2.45) is 0 Å². The number of benzene rings is 2. The third-order valence-corrected chi connectivity index (χ3v) is 10.6. The maximum absolute atomic E-state index is 5.91. The van der Waals surface area contributed by atoms with Crippen LogP contribution in [0, 0.1) is 0 Å². The Kier molecular flexibility index (Phi) is 4.21. The zero-order valence-electron chi connectivity index (χ0n) is 13.7. The highest BCUT2D eigenvalue weighted by Crippen LogP contribution is 2.35. The lowest BCUT2D eigenvalue weighted by Crippen LogP contribution is -2.49. The molecule has 0 atom stereocenters. The molecule has 0 amide bonds. The molecule has 2 aromatic carbocycles. The number of methoxy groups -OCH3 is 1. The Hall–Kier alpha value is -1.80. The van der Waals surface area contributed by atoms with Gasteiger partial charge in [0.1, 0.15) is 13.8 Å². The first kappa shape index (κ1) is 15.1. The fourth-order valence-electron chi connectivity index (χ4n) is 3.90. The number of ether oxygens (including phenoxy) is 1. The minimum atomic E-state index is -1.70. The highest BCUT2D eigenvalue weighted by Gasteiger charge is 2.38. The van der Waals surface area contributed by atoms with E-state index in [4.69, 9.17) is 4.74 Å². The largest absolute Gasteiger partial charge is 0.496 e. The van der Waals surface area contributed by atoms with Crippen molar-refractivity contribution in [1.82, 2.24) is 0 Å². The highest BCUT2D eigenvalue weighted by molar-refractivity contribution is 6.98. The topological polar surface area (TPSA) is 9.23 Å². The molecule has 0 unspecified atom stereocenters. The van der Waals surface area contributed by atoms with Crippen LogP contribution >= 0.6 is 0 Å². The monoisotopic (exact) mass is 308 g/mol. The summed E-state index contributed by atoms with van der Waals surface area (Å²) in [6.07, 6.45) is 7.98. The third kappa shape index (κ3) is 2.22. The average Bonchev–Trinajstić information content (AvgIpc) is 3.11. The van der Waals surface area contributed by atoms with E-state index >= 15 is 0 Å². The Labute approximate surface area is 134 Å². The minimum Gasteiger partial charge on any atom is -0.496 e. The van der Waals surface area contributed by atoms with Gasteiger partial charge >= 0.3 is 0 Å². The molecule has 2 heteroatoms. The molecule has 0 saturated carbocycles. The molecule has 0 saturated heterocycles. The molecular formula is C20H24OSi. The molecule has 3 rings (SSSR count). The van der Waals surface area contributed by atoms with Crippen molar-refractivity contribution in [3.8, 4) is 5.75 Å². The van der Waals surface area contributed by atoms with Crippen molar-refractivity contribution in [2.45, 2.75) is 32.4 Å². The van der Waals surface area contributed by atoms with Crippen LogP contribution in [-0.2, 0) is 0 Å². The quantitative estimate of drug-likeness (QED) is 0.709. The second-order valence-corrected chi connectivity index (χ2v) is 10.7. The van der Waals surface area contributed by atoms with Crippen LogP contribution in [-0.4, -0.2) is 15.2 Å². The Bertz CT molecular complexity index is 738. The summed E-state index contributed by atoms with van der Waals surface area (Å²) in [5, 5.41) is 5.62. The molecule has 0 radical (unpaired) electrons. The third-order valence-electron chi connectivity index (χ3n) is 5.19. The number of fused-ring (bicyclic) bond motifs is 1. The highest BCUT2D eigenvalue weighted by atomic mass is 28.3. The van der Waals surface area contributed by atoms with Crippen LogP contribution < -0.4 is 9.92 Å². The first-order valence-electron chi connectivity index (χ1n) is 8.19. The fraction of sp³-hybridized carbons (Fsp3) is 0.300. The van der Waals surface area contributed by atoms with Gasteiger partial charge in [0.05, 0.1) is 7.11 Å². The molecule has 0 aliphatic heterocycles. The summed E-state index contributed by atoms with van der Waals surface area (Å²) in [5.74, 6) is 1.10. The lowest BCUT2D eigenvalue weighted by molar-refractivity contribution is 0.422. The summed E-state index contributed by atoms with van der Waals surface area (Å²) in [5.41, 5.74) is 0. The zero-order valence-corrected chi connectivity index (χ0v) is 14.7. The van der Waals surface area contributed by atoms with E-state index in [1.165, 1.54) is 28.0 Å². The molecule has 0 spiro atoms. The van der Waals surface area contributed by atoms with Gasteiger partial charge in [-0.25, -0.2) is 0 Å². The van der Waals surface area contributed by atoms with Gasteiger partial charge in [-0.3, -0.25) is 0 Å². The van der Waals surface area contributed by atoms with Crippen LogP contribution in [0.1, 0.15) is 20.3 Å². The van der Waals surface area contributed by atoms with Crippen LogP contribution in [0.2, 0.25) is 12.1 Å². The molecular weight excluding hydrogens is 284 g/mol. The molecule has 114 valence electrons. The van der Waals surface area contributed by atoms with Gasteiger partial charge in [-0.1, -0.05) is 85.8 Å². The van der Waals surface area contributed by atoms with Gasteiger partial charge in [0.15, 0.2) is 0 Å². The molecule has 0 heterocycles. The van der Waals surface area contributed by atoms with E-state index in [-0.39, 0.29) is 0 Å². The van der Waals surface area contributed by atoms with Crippen LogP contribution in [0.4, 0.5) is 0 Å². The second kappa shape index (κ2) is 6.13. The van der Waals surface area contributed by atoms with Crippen molar-refractivity contribution in [3.05, 3.63) is 59.8 Å². The summed E-state index contributed by atoms with van der Waals surface area (Å²) in [7, 11) is 0.121. The molecule has 0 N–H and O–H groups in total. The summed E-state index contributed by atoms with van der Waals surface area (Å²) in [4.78, 5) is 0. The molecule has 1 nitrogen and oxygen atoms in total. The SMILES string of the molecule is CC[Si](CC)(C1=CC=CC1)c1ccc2ccccc2c1OC. The van der Waals surface area contributed by atoms with Crippen LogP contribution in [0.3, 0.4) is 0 Å². The van der Waals surface area contributed by atoms with E-state index in [1.54, 1.807) is 5.20 Å². The lowest BCUT2D eigenvalue weighted by Gasteiger charge is -2.33. The normalized spacial score (nSPS) is 14.4. The molecule has 1 aliphatic rings. The van der Waals surface area contributed by atoms with Gasteiger partial charge in [0, 0.05) is 5.39 Å².